The van der Waals surface area contributed by atoms with Crippen LogP contribution in [0.3, 0.4) is 0 Å². The van der Waals surface area contributed by atoms with E-state index >= 15 is 0 Å². The highest BCUT2D eigenvalue weighted by Crippen LogP contribution is 2.25. The number of hydrogen-bond acceptors (Lipinski definition) is 6. The molecule has 10 heteroatoms. The second-order valence-electron chi connectivity index (χ2n) is 8.21. The molecule has 2 atom stereocenters. The molecule has 2 rings (SSSR count). The molecule has 0 aliphatic heterocycles. The first-order valence-corrected chi connectivity index (χ1v) is 11.0. The number of carbonyl (C=O) groups is 2. The summed E-state index contributed by atoms with van der Waals surface area (Å²) >= 11 is 0. The van der Waals surface area contributed by atoms with Crippen molar-refractivity contribution in [3.8, 4) is 11.5 Å². The fraction of sp³-hybridized carbons (Fsp3) is 0.440. The van der Waals surface area contributed by atoms with Crippen LogP contribution in [0.1, 0.15) is 17.5 Å². The summed E-state index contributed by atoms with van der Waals surface area (Å²) in [5.74, 6) is -8.33. The van der Waals surface area contributed by atoms with Crippen molar-refractivity contribution in [3.05, 3.63) is 59.7 Å². The Morgan fingerprint density at radius 2 is 1.80 bits per heavy atom. The van der Waals surface area contributed by atoms with Gasteiger partial charge in [0.25, 0.3) is 6.17 Å². The highest BCUT2D eigenvalue weighted by molar-refractivity contribution is 5.86. The first kappa shape index (κ1) is 28.0. The number of carboxylic acids is 1. The highest BCUT2D eigenvalue weighted by atomic mass is 19.3. The van der Waals surface area contributed by atoms with Crippen molar-refractivity contribution in [2.45, 2.75) is 37.5 Å². The minimum Gasteiger partial charge on any atom is -0.497 e. The maximum absolute atomic E-state index is 13.9. The number of carbonyl (C=O) groups excluding carboxylic acids is 1. The van der Waals surface area contributed by atoms with Gasteiger partial charge >= 0.3 is 17.9 Å². The summed E-state index contributed by atoms with van der Waals surface area (Å²) in [5.41, 5.74) is 1.93. The van der Waals surface area contributed by atoms with E-state index in [-0.39, 0.29) is 13.0 Å². The summed E-state index contributed by atoms with van der Waals surface area (Å²) in [6, 6.07) is 14.9. The molecule has 0 aliphatic rings. The van der Waals surface area contributed by atoms with Crippen LogP contribution in [0, 0.1) is 0 Å². The maximum atomic E-state index is 13.9. The Labute approximate surface area is 202 Å². The number of carboxylic acid groups (broad SMARTS) is 1. The molecule has 0 radical (unpaired) electrons. The molecule has 0 aliphatic carbocycles. The van der Waals surface area contributed by atoms with Crippen molar-refractivity contribution >= 4 is 11.9 Å². The van der Waals surface area contributed by atoms with Crippen molar-refractivity contribution in [2.75, 3.05) is 34.4 Å². The Hall–Kier alpha value is -3.27. The predicted molar refractivity (Wildman–Crippen MR) is 123 cm³/mol. The molecular formula is C25H30F3NO6. The number of hydrogen-bond donors (Lipinski definition) is 1. The van der Waals surface area contributed by atoms with Crippen LogP contribution in [0.25, 0.3) is 0 Å². The quantitative estimate of drug-likeness (QED) is 0.398. The van der Waals surface area contributed by atoms with E-state index in [0.29, 0.717) is 25.1 Å². The van der Waals surface area contributed by atoms with E-state index in [4.69, 9.17) is 19.3 Å². The number of nitrogens with zero attached hydrogens (tertiary/aromatic N) is 1. The molecule has 192 valence electrons. The van der Waals surface area contributed by atoms with E-state index in [1.165, 1.54) is 0 Å². The van der Waals surface area contributed by atoms with Crippen LogP contribution in [0.15, 0.2) is 48.5 Å². The molecule has 0 amide bonds. The van der Waals surface area contributed by atoms with Crippen LogP contribution in [-0.4, -0.2) is 74.5 Å². The first-order valence-electron chi connectivity index (χ1n) is 11.0. The normalized spacial score (nSPS) is 13.2. The third kappa shape index (κ3) is 8.47. The van der Waals surface area contributed by atoms with Gasteiger partial charge in [0.15, 0.2) is 0 Å². The first-order chi connectivity index (χ1) is 16.5. The van der Waals surface area contributed by atoms with E-state index in [0.717, 1.165) is 16.9 Å². The number of rotatable bonds is 14. The fourth-order valence-corrected chi connectivity index (χ4v) is 3.20. The molecule has 2 aromatic carbocycles. The number of alkyl halides is 3. The molecule has 0 spiro atoms. The number of methoxy groups -OCH3 is 1. The van der Waals surface area contributed by atoms with Crippen molar-refractivity contribution < 1.29 is 42.1 Å². The molecule has 2 aromatic rings. The monoisotopic (exact) mass is 497 g/mol. The maximum Gasteiger partial charge on any atom is 0.383 e. The van der Waals surface area contributed by atoms with Gasteiger partial charge in [-0.15, -0.1) is 0 Å². The number of aryl methyl sites for hydroxylation is 2. The second-order valence-corrected chi connectivity index (χ2v) is 8.21. The summed E-state index contributed by atoms with van der Waals surface area (Å²) in [4.78, 5) is 24.3. The van der Waals surface area contributed by atoms with Gasteiger partial charge in [-0.3, -0.25) is 0 Å². The Balaban J connectivity index is 2.07. The van der Waals surface area contributed by atoms with Crippen molar-refractivity contribution in [3.63, 3.8) is 0 Å². The lowest BCUT2D eigenvalue weighted by molar-refractivity contribution is -0.189. The van der Waals surface area contributed by atoms with Crippen molar-refractivity contribution in [2.24, 2.45) is 0 Å². The molecular weight excluding hydrogens is 467 g/mol. The smallest absolute Gasteiger partial charge is 0.383 e. The average Bonchev–Trinajstić information content (AvgIpc) is 2.84. The molecule has 0 saturated carbocycles. The van der Waals surface area contributed by atoms with Gasteiger partial charge in [-0.1, -0.05) is 30.3 Å². The zero-order chi connectivity index (χ0) is 26.0. The largest absolute Gasteiger partial charge is 0.497 e. The number of halogens is 3. The van der Waals surface area contributed by atoms with Gasteiger partial charge in [-0.25, -0.2) is 14.0 Å². The van der Waals surface area contributed by atoms with E-state index < -0.39 is 30.1 Å². The lowest BCUT2D eigenvalue weighted by Gasteiger charge is -2.23. The Morgan fingerprint density at radius 1 is 1.09 bits per heavy atom. The Kier molecular flexibility index (Phi) is 10.4. The second kappa shape index (κ2) is 13.0. The van der Waals surface area contributed by atoms with Crippen LogP contribution in [-0.2, 0) is 27.2 Å². The summed E-state index contributed by atoms with van der Waals surface area (Å²) in [5, 5.41) is 8.48. The van der Waals surface area contributed by atoms with Crippen LogP contribution in [0.5, 0.6) is 11.5 Å². The van der Waals surface area contributed by atoms with Gasteiger partial charge in [0, 0.05) is 13.0 Å². The molecule has 0 bridgehead atoms. The molecule has 7 nitrogen and oxygen atoms in total. The zero-order valence-electron chi connectivity index (χ0n) is 19.9. The van der Waals surface area contributed by atoms with Crippen LogP contribution >= 0.6 is 0 Å². The molecule has 0 saturated heterocycles. The predicted octanol–water partition coefficient (Wildman–Crippen LogP) is 3.78. The summed E-state index contributed by atoms with van der Waals surface area (Å²) in [6.45, 7) is 0.173. The topological polar surface area (TPSA) is 85.3 Å². The van der Waals surface area contributed by atoms with Crippen molar-refractivity contribution in [1.29, 1.82) is 0 Å². The molecule has 0 aromatic heterocycles. The lowest BCUT2D eigenvalue weighted by Crippen LogP contribution is -2.45. The van der Waals surface area contributed by atoms with Gasteiger partial charge in [-0.2, -0.15) is 8.78 Å². The highest BCUT2D eigenvalue weighted by Gasteiger charge is 2.53. The van der Waals surface area contributed by atoms with Gasteiger partial charge in [0.2, 0.25) is 0 Å². The van der Waals surface area contributed by atoms with E-state index in [2.05, 4.69) is 0 Å². The third-order valence-corrected chi connectivity index (χ3v) is 5.21. The Morgan fingerprint density at radius 3 is 2.46 bits per heavy atom. The Bertz CT molecular complexity index is 985. The van der Waals surface area contributed by atoms with E-state index in [1.807, 2.05) is 36.4 Å². The summed E-state index contributed by atoms with van der Waals surface area (Å²) < 4.78 is 56.6. The number of aliphatic carboxylic acids is 1. The summed E-state index contributed by atoms with van der Waals surface area (Å²) in [7, 11) is 5.10. The number of esters is 1. The molecule has 0 fully saturated rings. The molecule has 1 N–H and O–H groups in total. The van der Waals surface area contributed by atoms with Gasteiger partial charge in [0.05, 0.1) is 7.11 Å². The zero-order valence-corrected chi connectivity index (χ0v) is 19.9. The number of benzene rings is 2. The summed E-state index contributed by atoms with van der Waals surface area (Å²) in [6.07, 6.45) is -3.21. The minimum absolute atomic E-state index is 0.163. The van der Waals surface area contributed by atoms with E-state index in [9.17, 15) is 22.8 Å². The lowest BCUT2D eigenvalue weighted by atomic mass is 10.0. The van der Waals surface area contributed by atoms with Gasteiger partial charge < -0.3 is 24.2 Å². The standard InChI is InChI=1S/C25H30F3NO6/c1-29(2)14-13-20(35-23(30)22(26)25(27,28)24(31)32)16-34-21-10-5-4-8-18(21)12-11-17-7-6-9-19(15-17)33-3/h4-10,15,20,22H,11-14,16H2,1-3H3,(H,31,32)/t20?,22-/m0/s1. The minimum atomic E-state index is -4.89. The van der Waals surface area contributed by atoms with Crippen LogP contribution < -0.4 is 9.47 Å². The third-order valence-electron chi connectivity index (χ3n) is 5.21. The molecule has 0 heterocycles. The SMILES string of the molecule is COc1cccc(CCc2ccccc2OCC(CCN(C)C)OC(=O)[C@H](F)C(F)(F)C(=O)O)c1. The van der Waals surface area contributed by atoms with Gasteiger partial charge in [-0.05, 0) is 56.3 Å². The molecule has 1 unspecified atom stereocenters. The van der Waals surface area contributed by atoms with Crippen LogP contribution in [0.2, 0.25) is 0 Å². The van der Waals surface area contributed by atoms with E-state index in [1.54, 1.807) is 38.2 Å². The van der Waals surface area contributed by atoms with Gasteiger partial charge in [0.1, 0.15) is 24.2 Å². The fourth-order valence-electron chi connectivity index (χ4n) is 3.20. The van der Waals surface area contributed by atoms with Crippen molar-refractivity contribution in [1.82, 2.24) is 4.90 Å². The number of ether oxygens (including phenoxy) is 3. The number of para-hydroxylation sites is 1. The average molecular weight is 498 g/mol. The molecule has 35 heavy (non-hydrogen) atoms. The van der Waals surface area contributed by atoms with Crippen LogP contribution in [0.4, 0.5) is 13.2 Å².